The summed E-state index contributed by atoms with van der Waals surface area (Å²) < 4.78 is 19.9. The number of benzene rings is 2. The molecule has 1 N–H and O–H groups in total. The molecule has 0 atom stereocenters. The molecule has 128 valence electrons. The van der Waals surface area contributed by atoms with E-state index in [1.165, 1.54) is 6.07 Å². The molecule has 0 bridgehead atoms. The van der Waals surface area contributed by atoms with Gasteiger partial charge in [-0.25, -0.2) is 4.39 Å². The molecular formula is C20H24FNO2. The zero-order valence-corrected chi connectivity index (χ0v) is 14.7. The maximum Gasteiger partial charge on any atom is 0.224 e. The molecule has 0 aliphatic rings. The lowest BCUT2D eigenvalue weighted by atomic mass is 10.00. The number of likely N-dealkylation sites (N-methyl/N-ethyl adjacent to an activating group) is 1. The van der Waals surface area contributed by atoms with Gasteiger partial charge >= 0.3 is 0 Å². The van der Waals surface area contributed by atoms with Crippen LogP contribution in [0.2, 0.25) is 0 Å². The summed E-state index contributed by atoms with van der Waals surface area (Å²) in [7, 11) is 1.61. The minimum absolute atomic E-state index is 0.0591. The molecule has 0 aromatic heterocycles. The number of rotatable bonds is 6. The lowest BCUT2D eigenvalue weighted by molar-refractivity contribution is -0.119. The van der Waals surface area contributed by atoms with Crippen molar-refractivity contribution >= 4 is 5.91 Å². The van der Waals surface area contributed by atoms with E-state index in [4.69, 9.17) is 4.74 Å². The molecule has 24 heavy (non-hydrogen) atoms. The number of hydrogen-bond donors (Lipinski definition) is 1. The molecule has 0 fully saturated rings. The molecule has 2 aromatic rings. The van der Waals surface area contributed by atoms with Crippen LogP contribution in [0.3, 0.4) is 0 Å². The summed E-state index contributed by atoms with van der Waals surface area (Å²) in [6.07, 6.45) is 1.07. The molecule has 0 spiro atoms. The summed E-state index contributed by atoms with van der Waals surface area (Å²) in [5.41, 5.74) is 4.86. The molecule has 1 amide bonds. The first-order valence-electron chi connectivity index (χ1n) is 8.16. The summed E-state index contributed by atoms with van der Waals surface area (Å²) in [5.74, 6) is -0.158. The Morgan fingerprint density at radius 3 is 2.58 bits per heavy atom. The van der Waals surface area contributed by atoms with Crippen LogP contribution in [-0.4, -0.2) is 13.0 Å². The van der Waals surface area contributed by atoms with Crippen LogP contribution in [0.25, 0.3) is 0 Å². The average molecular weight is 329 g/mol. The number of amides is 1. The molecule has 3 nitrogen and oxygen atoms in total. The van der Waals surface area contributed by atoms with Gasteiger partial charge in [-0.1, -0.05) is 25.1 Å². The molecule has 0 saturated carbocycles. The molecule has 0 aliphatic carbocycles. The van der Waals surface area contributed by atoms with Crippen LogP contribution in [0.5, 0.6) is 5.75 Å². The summed E-state index contributed by atoms with van der Waals surface area (Å²) in [5, 5.41) is 2.62. The van der Waals surface area contributed by atoms with E-state index in [-0.39, 0.29) is 30.5 Å². The van der Waals surface area contributed by atoms with Gasteiger partial charge in [-0.15, -0.1) is 0 Å². The minimum Gasteiger partial charge on any atom is -0.486 e. The molecule has 0 heterocycles. The van der Waals surface area contributed by atoms with E-state index < -0.39 is 0 Å². The fourth-order valence-corrected chi connectivity index (χ4v) is 2.73. The van der Waals surface area contributed by atoms with Crippen LogP contribution >= 0.6 is 0 Å². The summed E-state index contributed by atoms with van der Waals surface area (Å²) in [6, 6.07) is 9.06. The van der Waals surface area contributed by atoms with Crippen molar-refractivity contribution in [1.29, 1.82) is 0 Å². The van der Waals surface area contributed by atoms with Crippen LogP contribution in [0.1, 0.15) is 34.7 Å². The quantitative estimate of drug-likeness (QED) is 0.873. The van der Waals surface area contributed by atoms with Crippen molar-refractivity contribution in [2.45, 2.75) is 40.2 Å². The molecule has 2 aromatic carbocycles. The smallest absolute Gasteiger partial charge is 0.224 e. The van der Waals surface area contributed by atoms with Crippen LogP contribution in [0, 0.1) is 19.7 Å². The van der Waals surface area contributed by atoms with Crippen LogP contribution in [-0.2, 0) is 24.2 Å². The first-order valence-corrected chi connectivity index (χ1v) is 8.16. The van der Waals surface area contributed by atoms with Crippen molar-refractivity contribution < 1.29 is 13.9 Å². The van der Waals surface area contributed by atoms with Gasteiger partial charge in [-0.3, -0.25) is 4.79 Å². The van der Waals surface area contributed by atoms with Gasteiger partial charge in [0.1, 0.15) is 6.61 Å². The minimum atomic E-state index is -0.348. The summed E-state index contributed by atoms with van der Waals surface area (Å²) in [6.45, 7) is 6.16. The molecule has 2 rings (SSSR count). The van der Waals surface area contributed by atoms with Crippen molar-refractivity contribution in [2.75, 3.05) is 7.05 Å². The van der Waals surface area contributed by atoms with Gasteiger partial charge in [0.2, 0.25) is 5.91 Å². The van der Waals surface area contributed by atoms with Gasteiger partial charge in [0.15, 0.2) is 11.6 Å². The predicted octanol–water partition coefficient (Wildman–Crippen LogP) is 3.87. The van der Waals surface area contributed by atoms with Crippen LogP contribution < -0.4 is 10.1 Å². The third-order valence-corrected chi connectivity index (χ3v) is 4.28. The first-order chi connectivity index (χ1) is 11.5. The van der Waals surface area contributed by atoms with Crippen LogP contribution in [0.4, 0.5) is 4.39 Å². The predicted molar refractivity (Wildman–Crippen MR) is 93.8 cm³/mol. The molecular weight excluding hydrogens is 305 g/mol. The average Bonchev–Trinajstić information content (AvgIpc) is 2.56. The summed E-state index contributed by atoms with van der Waals surface area (Å²) >= 11 is 0. The third kappa shape index (κ3) is 4.13. The number of nitrogens with one attached hydrogen (secondary N) is 1. The van der Waals surface area contributed by atoms with E-state index >= 15 is 0 Å². The third-order valence-electron chi connectivity index (χ3n) is 4.28. The van der Waals surface area contributed by atoms with Gasteiger partial charge in [0.05, 0.1) is 6.42 Å². The number of hydrogen-bond acceptors (Lipinski definition) is 2. The highest BCUT2D eigenvalue weighted by molar-refractivity contribution is 5.78. The van der Waals surface area contributed by atoms with Crippen molar-refractivity contribution in [3.05, 3.63) is 64.0 Å². The number of ether oxygens (including phenoxy) is 1. The number of aryl methyl sites for hydroxylation is 3. The number of carbonyl (C=O) groups is 1. The normalized spacial score (nSPS) is 10.5. The molecule has 0 unspecified atom stereocenters. The van der Waals surface area contributed by atoms with Crippen molar-refractivity contribution in [1.82, 2.24) is 5.32 Å². The highest BCUT2D eigenvalue weighted by Gasteiger charge is 2.12. The van der Waals surface area contributed by atoms with Crippen molar-refractivity contribution in [3.8, 4) is 5.75 Å². The topological polar surface area (TPSA) is 38.3 Å². The van der Waals surface area contributed by atoms with E-state index in [1.54, 1.807) is 13.1 Å². The van der Waals surface area contributed by atoms with Gasteiger partial charge in [-0.05, 0) is 60.2 Å². The van der Waals surface area contributed by atoms with Gasteiger partial charge < -0.3 is 10.1 Å². The fraction of sp³-hybridized carbons (Fsp3) is 0.350. The van der Waals surface area contributed by atoms with Gasteiger partial charge in [0, 0.05) is 7.05 Å². The Morgan fingerprint density at radius 1 is 1.17 bits per heavy atom. The largest absolute Gasteiger partial charge is 0.486 e. The van der Waals surface area contributed by atoms with Crippen molar-refractivity contribution in [3.63, 3.8) is 0 Å². The standard InChI is InChI=1S/C20H24FNO2/c1-5-15-10-18(21)19(9-14(15)3)24-12-17-13(2)7-6-8-16(17)11-20(23)22-4/h6-10H,5,11-12H2,1-4H3,(H,22,23). The van der Waals surface area contributed by atoms with Crippen LogP contribution in [0.15, 0.2) is 30.3 Å². The number of halogens is 1. The Kier molecular flexibility index (Phi) is 5.96. The second-order valence-electron chi connectivity index (χ2n) is 5.91. The van der Waals surface area contributed by atoms with Gasteiger partial charge in [-0.2, -0.15) is 0 Å². The Balaban J connectivity index is 2.23. The molecule has 4 heteroatoms. The Morgan fingerprint density at radius 2 is 1.92 bits per heavy atom. The maximum atomic E-state index is 14.2. The molecule has 0 radical (unpaired) electrons. The maximum absolute atomic E-state index is 14.2. The monoisotopic (exact) mass is 329 g/mol. The van der Waals surface area contributed by atoms with Gasteiger partial charge in [0.25, 0.3) is 0 Å². The van der Waals surface area contributed by atoms with E-state index in [1.807, 2.05) is 39.0 Å². The zero-order chi connectivity index (χ0) is 17.7. The van der Waals surface area contributed by atoms with E-state index in [0.29, 0.717) is 0 Å². The Hall–Kier alpha value is -2.36. The zero-order valence-electron chi connectivity index (χ0n) is 14.7. The van der Waals surface area contributed by atoms with Crippen molar-refractivity contribution in [2.24, 2.45) is 0 Å². The highest BCUT2D eigenvalue weighted by Crippen LogP contribution is 2.25. The second-order valence-corrected chi connectivity index (χ2v) is 5.91. The Labute approximate surface area is 142 Å². The van der Waals surface area contributed by atoms with E-state index in [0.717, 1.165) is 34.2 Å². The molecule has 0 aliphatic heterocycles. The lowest BCUT2D eigenvalue weighted by Gasteiger charge is -2.15. The molecule has 0 saturated heterocycles. The fourth-order valence-electron chi connectivity index (χ4n) is 2.73. The van der Waals surface area contributed by atoms with E-state index in [9.17, 15) is 9.18 Å². The number of carbonyl (C=O) groups excluding carboxylic acids is 1. The summed E-state index contributed by atoms with van der Waals surface area (Å²) in [4.78, 5) is 11.7. The first kappa shape index (κ1) is 18.0. The SMILES string of the molecule is CCc1cc(F)c(OCc2c(C)cccc2CC(=O)NC)cc1C. The van der Waals surface area contributed by atoms with E-state index in [2.05, 4.69) is 5.32 Å². The second kappa shape index (κ2) is 7.95. The lowest BCUT2D eigenvalue weighted by Crippen LogP contribution is -2.21. The Bertz CT molecular complexity index is 741. The highest BCUT2D eigenvalue weighted by atomic mass is 19.1.